The van der Waals surface area contributed by atoms with Gasteiger partial charge >= 0.3 is 0 Å². The number of carbonyl (C=O) groups is 2. The first-order valence-electron chi connectivity index (χ1n) is 5.80. The number of rotatable bonds is 8. The summed E-state index contributed by atoms with van der Waals surface area (Å²) in [5.41, 5.74) is 0. The average Bonchev–Trinajstić information content (AvgIpc) is 2.21. The van der Waals surface area contributed by atoms with Gasteiger partial charge in [0.15, 0.2) is 0 Å². The Morgan fingerprint density at radius 1 is 1.31 bits per heavy atom. The number of Topliss-reactive ketones (excluding diaryl/α,β-unsaturated/α-hetero) is 1. The van der Waals surface area contributed by atoms with Crippen LogP contribution < -0.4 is 0 Å². The molecule has 0 spiro atoms. The van der Waals surface area contributed by atoms with E-state index in [2.05, 4.69) is 6.58 Å². The first-order chi connectivity index (χ1) is 7.49. The highest BCUT2D eigenvalue weighted by molar-refractivity contribution is 5.78. The Morgan fingerprint density at radius 3 is 2.38 bits per heavy atom. The van der Waals surface area contributed by atoms with Gasteiger partial charge in [-0.3, -0.25) is 9.59 Å². The van der Waals surface area contributed by atoms with Crippen molar-refractivity contribution in [3.63, 3.8) is 0 Å². The lowest BCUT2D eigenvalue weighted by Crippen LogP contribution is -2.21. The molecule has 0 fully saturated rings. The maximum atomic E-state index is 11.3. The molecule has 3 nitrogen and oxygen atoms in total. The molecule has 0 bridgehead atoms. The van der Waals surface area contributed by atoms with Gasteiger partial charge in [0.25, 0.3) is 0 Å². The van der Waals surface area contributed by atoms with Crippen LogP contribution in [-0.2, 0) is 9.59 Å². The normalized spacial score (nSPS) is 11.9. The van der Waals surface area contributed by atoms with Gasteiger partial charge in [0.2, 0.25) is 5.91 Å². The molecule has 16 heavy (non-hydrogen) atoms. The molecule has 3 heteroatoms. The molecule has 0 radical (unpaired) electrons. The van der Waals surface area contributed by atoms with Crippen LogP contribution in [0.4, 0.5) is 0 Å². The molecule has 0 saturated heterocycles. The Kier molecular flexibility index (Phi) is 7.52. The smallest absolute Gasteiger partial charge is 0.222 e. The lowest BCUT2D eigenvalue weighted by Gasteiger charge is -2.14. The van der Waals surface area contributed by atoms with Crippen molar-refractivity contribution >= 4 is 11.7 Å². The summed E-state index contributed by atoms with van der Waals surface area (Å²) in [6.07, 6.45) is 5.69. The predicted octanol–water partition coefficient (Wildman–Crippen LogP) is 2.42. The summed E-state index contributed by atoms with van der Waals surface area (Å²) in [6.45, 7) is 5.28. The van der Waals surface area contributed by atoms with E-state index >= 15 is 0 Å². The number of hydrogen-bond donors (Lipinski definition) is 0. The van der Waals surface area contributed by atoms with E-state index in [1.165, 1.54) is 0 Å². The highest BCUT2D eigenvalue weighted by atomic mass is 16.2. The van der Waals surface area contributed by atoms with E-state index in [0.29, 0.717) is 6.42 Å². The topological polar surface area (TPSA) is 37.4 Å². The minimum atomic E-state index is 0.0907. The van der Waals surface area contributed by atoms with Crippen LogP contribution in [0.2, 0.25) is 0 Å². The Morgan fingerprint density at radius 2 is 1.94 bits per heavy atom. The fourth-order valence-corrected chi connectivity index (χ4v) is 1.59. The lowest BCUT2D eigenvalue weighted by molar-refractivity contribution is -0.129. The Bertz CT molecular complexity index is 246. The van der Waals surface area contributed by atoms with Crippen LogP contribution in [0.25, 0.3) is 0 Å². The number of nitrogens with zero attached hydrogens (tertiary/aromatic N) is 1. The zero-order valence-corrected chi connectivity index (χ0v) is 10.7. The van der Waals surface area contributed by atoms with Gasteiger partial charge in [0, 0.05) is 26.4 Å². The molecule has 0 saturated carbocycles. The Hall–Kier alpha value is -1.12. The summed E-state index contributed by atoms with van der Waals surface area (Å²) in [5.74, 6) is 0.443. The van der Waals surface area contributed by atoms with E-state index in [4.69, 9.17) is 0 Å². The second-order valence-electron chi connectivity index (χ2n) is 4.35. The van der Waals surface area contributed by atoms with Crippen LogP contribution in [0.3, 0.4) is 0 Å². The number of allylic oxidation sites excluding steroid dienone is 1. The molecule has 0 aromatic rings. The number of ketones is 1. The van der Waals surface area contributed by atoms with Gasteiger partial charge in [-0.15, -0.1) is 6.58 Å². The first kappa shape index (κ1) is 14.9. The van der Waals surface area contributed by atoms with Crippen molar-refractivity contribution in [2.45, 2.75) is 39.0 Å². The molecular formula is C13H23NO2. The quantitative estimate of drug-likeness (QED) is 0.595. The van der Waals surface area contributed by atoms with Crippen molar-refractivity contribution in [1.29, 1.82) is 0 Å². The molecule has 0 N–H and O–H groups in total. The maximum absolute atomic E-state index is 11.3. The van der Waals surface area contributed by atoms with Crippen molar-refractivity contribution < 1.29 is 9.59 Å². The first-order valence-corrected chi connectivity index (χ1v) is 5.80. The van der Waals surface area contributed by atoms with E-state index in [9.17, 15) is 9.59 Å². The minimum absolute atomic E-state index is 0.0907. The van der Waals surface area contributed by atoms with Gasteiger partial charge < -0.3 is 4.90 Å². The third-order valence-electron chi connectivity index (χ3n) is 2.74. The van der Waals surface area contributed by atoms with Gasteiger partial charge in [-0.25, -0.2) is 0 Å². The Balaban J connectivity index is 3.89. The van der Waals surface area contributed by atoms with E-state index in [1.54, 1.807) is 25.9 Å². The predicted molar refractivity (Wildman–Crippen MR) is 66.1 cm³/mol. The summed E-state index contributed by atoms with van der Waals surface area (Å²) >= 11 is 0. The third kappa shape index (κ3) is 6.38. The summed E-state index contributed by atoms with van der Waals surface area (Å²) in [6, 6.07) is 0. The van der Waals surface area contributed by atoms with Gasteiger partial charge in [-0.2, -0.15) is 0 Å². The van der Waals surface area contributed by atoms with Crippen LogP contribution in [0.1, 0.15) is 39.0 Å². The standard InChI is InChI=1S/C13H23NO2/c1-5-6-8-12(11(2)15)9-7-10-13(16)14(3)4/h5,12H,1,6-10H2,2-4H3. The number of amides is 1. The lowest BCUT2D eigenvalue weighted by atomic mass is 9.93. The van der Waals surface area contributed by atoms with Crippen LogP contribution in [0.15, 0.2) is 12.7 Å². The highest BCUT2D eigenvalue weighted by Gasteiger charge is 2.14. The van der Waals surface area contributed by atoms with E-state index in [1.807, 2.05) is 6.08 Å². The van der Waals surface area contributed by atoms with Gasteiger partial charge in [0.05, 0.1) is 0 Å². The molecule has 0 heterocycles. The molecule has 0 aliphatic heterocycles. The third-order valence-corrected chi connectivity index (χ3v) is 2.74. The van der Waals surface area contributed by atoms with Crippen LogP contribution in [-0.4, -0.2) is 30.7 Å². The van der Waals surface area contributed by atoms with Gasteiger partial charge in [-0.05, 0) is 32.6 Å². The maximum Gasteiger partial charge on any atom is 0.222 e. The van der Waals surface area contributed by atoms with Crippen molar-refractivity contribution in [2.24, 2.45) is 5.92 Å². The van der Waals surface area contributed by atoms with Crippen LogP contribution in [0.5, 0.6) is 0 Å². The Labute approximate surface area is 98.5 Å². The van der Waals surface area contributed by atoms with Gasteiger partial charge in [-0.1, -0.05) is 6.08 Å². The molecule has 0 aromatic heterocycles. The monoisotopic (exact) mass is 225 g/mol. The molecule has 1 atom stereocenters. The summed E-state index contributed by atoms with van der Waals surface area (Å²) in [4.78, 5) is 24.3. The fraction of sp³-hybridized carbons (Fsp3) is 0.692. The van der Waals surface area contributed by atoms with Crippen molar-refractivity contribution in [2.75, 3.05) is 14.1 Å². The average molecular weight is 225 g/mol. The van der Waals surface area contributed by atoms with E-state index in [0.717, 1.165) is 25.7 Å². The molecular weight excluding hydrogens is 202 g/mol. The molecule has 92 valence electrons. The molecule has 1 amide bonds. The molecule has 0 rings (SSSR count). The fourth-order valence-electron chi connectivity index (χ4n) is 1.59. The highest BCUT2D eigenvalue weighted by Crippen LogP contribution is 2.16. The second kappa shape index (κ2) is 8.08. The summed E-state index contributed by atoms with van der Waals surface area (Å²) in [7, 11) is 3.50. The second-order valence-corrected chi connectivity index (χ2v) is 4.35. The van der Waals surface area contributed by atoms with Crippen LogP contribution >= 0.6 is 0 Å². The number of carbonyl (C=O) groups excluding carboxylic acids is 2. The molecule has 0 aromatic carbocycles. The number of hydrogen-bond acceptors (Lipinski definition) is 2. The minimum Gasteiger partial charge on any atom is -0.349 e. The zero-order chi connectivity index (χ0) is 12.6. The molecule has 0 aliphatic rings. The van der Waals surface area contributed by atoms with Crippen molar-refractivity contribution in [1.82, 2.24) is 4.90 Å². The summed E-state index contributed by atoms with van der Waals surface area (Å²) in [5, 5.41) is 0. The van der Waals surface area contributed by atoms with Crippen molar-refractivity contribution in [3.05, 3.63) is 12.7 Å². The van der Waals surface area contributed by atoms with E-state index in [-0.39, 0.29) is 17.6 Å². The summed E-state index contributed by atoms with van der Waals surface area (Å²) < 4.78 is 0. The molecule has 0 aliphatic carbocycles. The van der Waals surface area contributed by atoms with Crippen molar-refractivity contribution in [3.8, 4) is 0 Å². The molecule has 1 unspecified atom stereocenters. The largest absolute Gasteiger partial charge is 0.349 e. The SMILES string of the molecule is C=CCCC(CCCC(=O)N(C)C)C(C)=O. The van der Waals surface area contributed by atoms with E-state index < -0.39 is 0 Å². The van der Waals surface area contributed by atoms with Gasteiger partial charge in [0.1, 0.15) is 5.78 Å². The zero-order valence-electron chi connectivity index (χ0n) is 10.7. The van der Waals surface area contributed by atoms with Crippen LogP contribution in [0, 0.1) is 5.92 Å².